The quantitative estimate of drug-likeness (QED) is 0.556. The van der Waals surface area contributed by atoms with Crippen molar-refractivity contribution in [3.05, 3.63) is 0 Å². The van der Waals surface area contributed by atoms with Gasteiger partial charge < -0.3 is 0 Å². The van der Waals surface area contributed by atoms with Crippen LogP contribution in [0.3, 0.4) is 0 Å². The molecule has 0 atom stereocenters. The van der Waals surface area contributed by atoms with E-state index in [0.29, 0.717) is 0 Å². The van der Waals surface area contributed by atoms with E-state index in [1.807, 2.05) is 0 Å². The summed E-state index contributed by atoms with van der Waals surface area (Å²) in [5, 5.41) is 0. The average Bonchev–Trinajstić information content (AvgIpc) is 1.27. The third-order valence-corrected chi connectivity index (χ3v) is 9.05. The van der Waals surface area contributed by atoms with Gasteiger partial charge in [-0.25, -0.2) is 0 Å². The molecule has 0 N–H and O–H groups in total. The molecule has 0 aromatic rings. The summed E-state index contributed by atoms with van der Waals surface area (Å²) in [6.45, 7) is 0. The monoisotopic (exact) mass is 168 g/mol. The van der Waals surface area contributed by atoms with E-state index in [-0.39, 0.29) is 0 Å². The fraction of sp³-hybridized carbons (Fsp3) is 1.00. The summed E-state index contributed by atoms with van der Waals surface area (Å²) in [5.74, 6) is 4.24. The van der Waals surface area contributed by atoms with Gasteiger partial charge in [0.2, 0.25) is 0 Å². The van der Waals surface area contributed by atoms with Crippen LogP contribution in [0, 0.1) is 0 Å². The molecule has 0 aliphatic rings. The molecule has 0 rings (SSSR count). The summed E-state index contributed by atoms with van der Waals surface area (Å²) < 4.78 is 1.17. The van der Waals surface area contributed by atoms with E-state index in [4.69, 9.17) is 20.1 Å². The summed E-state index contributed by atoms with van der Waals surface area (Å²) in [5.41, 5.74) is 0. The van der Waals surface area contributed by atoms with Gasteiger partial charge in [0.05, 0.1) is 0 Å². The first-order valence-corrected chi connectivity index (χ1v) is 9.84. The van der Waals surface area contributed by atoms with E-state index in [1.54, 1.807) is 0 Å². The highest BCUT2D eigenvalue weighted by molar-refractivity contribution is 7.18. The van der Waals surface area contributed by atoms with Crippen LogP contribution in [0.2, 0.25) is 15.7 Å². The van der Waals surface area contributed by atoms with Crippen LogP contribution in [0.5, 0.6) is 0 Å². The van der Waals surface area contributed by atoms with Crippen LogP contribution < -0.4 is 0 Å². The fourth-order valence-corrected chi connectivity index (χ4v) is 9.66. The van der Waals surface area contributed by atoms with Crippen molar-refractivity contribution in [2.75, 3.05) is 0 Å². The van der Waals surface area contributed by atoms with Crippen molar-refractivity contribution in [1.29, 1.82) is 0 Å². The molecule has 4 heteroatoms. The molecule has 7 heavy (non-hydrogen) atoms. The van der Waals surface area contributed by atoms with E-state index in [9.17, 15) is 0 Å². The van der Waals surface area contributed by atoms with E-state index in [1.165, 1.54) is 4.14 Å². The number of hydrogen-bond acceptors (Lipinski definition) is 0. The highest BCUT2D eigenvalue weighted by atomic mass is 35.6. The zero-order valence-electron chi connectivity index (χ0n) is 4.62. The Balaban J connectivity index is 2.95. The summed E-state index contributed by atoms with van der Waals surface area (Å²) in [7, 11) is 11.5. The van der Waals surface area contributed by atoms with Crippen molar-refractivity contribution in [3.8, 4) is 0 Å². The third kappa shape index (κ3) is 7.64. The molecule has 0 bridgehead atoms. The molecular formula is C3H8Al2Cl2. The fourth-order valence-electron chi connectivity index (χ4n) is 0.448. The van der Waals surface area contributed by atoms with Gasteiger partial charge in [0, 0.05) is 0 Å². The molecular weight excluding hydrogens is 161 g/mol. The van der Waals surface area contributed by atoms with Crippen LogP contribution in [0.15, 0.2) is 0 Å². The van der Waals surface area contributed by atoms with Crippen molar-refractivity contribution in [1.82, 2.24) is 0 Å². The summed E-state index contributed by atoms with van der Waals surface area (Å²) in [6.07, 6.45) is 0. The van der Waals surface area contributed by atoms with Gasteiger partial charge in [-0.1, -0.05) is 11.6 Å². The lowest BCUT2D eigenvalue weighted by Crippen LogP contribution is -2.06. The Morgan fingerprint density at radius 3 is 1.43 bits per heavy atom. The van der Waals surface area contributed by atoms with E-state index >= 15 is 0 Å². The molecule has 0 saturated heterocycles. The SMILES string of the molecule is [CH3][Al]([Cl])[CH2][Al]([CH3])[Cl]. The van der Waals surface area contributed by atoms with Gasteiger partial charge in [0.25, 0.3) is 0 Å². The molecule has 0 amide bonds. The van der Waals surface area contributed by atoms with Crippen LogP contribution in [0.25, 0.3) is 0 Å². The third-order valence-electron chi connectivity index (χ3n) is 0.650. The number of hydrogen-bond donors (Lipinski definition) is 0. The maximum atomic E-state index is 5.76. The van der Waals surface area contributed by atoms with Crippen molar-refractivity contribution in [2.45, 2.75) is 15.7 Å². The Bertz CT molecular complexity index is 40.2. The van der Waals surface area contributed by atoms with Crippen LogP contribution in [-0.4, -0.2) is 26.5 Å². The predicted molar refractivity (Wildman–Crippen MR) is 39.7 cm³/mol. The standard InChI is InChI=1S/2CH3.CH2.2Al.2ClH/h2*1H3;1H2;;;2*1H/q;;;2*+1;;/p-2. The molecule has 0 aromatic carbocycles. The zero-order chi connectivity index (χ0) is 5.86. The highest BCUT2D eigenvalue weighted by Gasteiger charge is 2.14. The Labute approximate surface area is 62.0 Å². The second-order valence-corrected chi connectivity index (χ2v) is 11.3. The molecule has 0 aliphatic carbocycles. The zero-order valence-corrected chi connectivity index (χ0v) is 8.44. The second-order valence-electron chi connectivity index (χ2n) is 1.80. The molecule has 0 spiro atoms. The summed E-state index contributed by atoms with van der Waals surface area (Å²) >= 11 is -1.65. The van der Waals surface area contributed by atoms with Crippen LogP contribution in [-0.2, 0) is 0 Å². The lowest BCUT2D eigenvalue weighted by atomic mass is 11.8. The van der Waals surface area contributed by atoms with Crippen molar-refractivity contribution < 1.29 is 0 Å². The van der Waals surface area contributed by atoms with Crippen LogP contribution in [0.4, 0.5) is 0 Å². The van der Waals surface area contributed by atoms with Gasteiger partial charge in [-0.2, -0.15) is 0 Å². The Morgan fingerprint density at radius 1 is 1.14 bits per heavy atom. The first kappa shape index (κ1) is 8.64. The maximum absolute atomic E-state index is 5.76. The smallest absolute Gasteiger partial charge is 0.263 e. The van der Waals surface area contributed by atoms with E-state index in [2.05, 4.69) is 11.6 Å². The lowest BCUT2D eigenvalue weighted by molar-refractivity contribution is 1.87. The van der Waals surface area contributed by atoms with Crippen LogP contribution in [0.1, 0.15) is 0 Å². The van der Waals surface area contributed by atoms with Crippen molar-refractivity contribution in [2.24, 2.45) is 0 Å². The Hall–Kier alpha value is 1.64. The average molecular weight is 169 g/mol. The minimum Gasteiger partial charge on any atom is -0.263 e. The molecule has 0 radical (unpaired) electrons. The molecule has 40 valence electrons. The molecule has 0 nitrogen and oxygen atoms in total. The van der Waals surface area contributed by atoms with E-state index in [0.717, 1.165) is 0 Å². The van der Waals surface area contributed by atoms with Crippen molar-refractivity contribution >= 4 is 46.6 Å². The maximum Gasteiger partial charge on any atom is 0.384 e. The lowest BCUT2D eigenvalue weighted by Gasteiger charge is -1.90. The molecule has 0 saturated carbocycles. The first-order valence-electron chi connectivity index (χ1n) is 2.41. The van der Waals surface area contributed by atoms with Gasteiger partial charge in [-0.3, -0.25) is 20.1 Å². The van der Waals surface area contributed by atoms with E-state index < -0.39 is 26.5 Å². The Kier molecular flexibility index (Phi) is 5.58. The summed E-state index contributed by atoms with van der Waals surface area (Å²) in [4.78, 5) is 0. The molecule has 0 fully saturated rings. The highest BCUT2D eigenvalue weighted by Crippen LogP contribution is 2.03. The van der Waals surface area contributed by atoms with Crippen LogP contribution >= 0.6 is 20.1 Å². The van der Waals surface area contributed by atoms with Gasteiger partial charge >= 0.3 is 26.5 Å². The van der Waals surface area contributed by atoms with Gasteiger partial charge in [0.1, 0.15) is 0 Å². The number of halogens is 2. The largest absolute Gasteiger partial charge is 0.384 e. The minimum atomic E-state index is -0.826. The normalized spacial score (nSPS) is 8.57. The molecule has 0 unspecified atom stereocenters. The predicted octanol–water partition coefficient (Wildman–Crippen LogP) is 2.25. The van der Waals surface area contributed by atoms with Gasteiger partial charge in [0.15, 0.2) is 0 Å². The van der Waals surface area contributed by atoms with Gasteiger partial charge in [-0.15, -0.1) is 4.14 Å². The molecule has 0 heterocycles. The number of rotatable bonds is 2. The minimum absolute atomic E-state index is 0.826. The molecule has 0 aromatic heterocycles. The topological polar surface area (TPSA) is 0 Å². The van der Waals surface area contributed by atoms with Gasteiger partial charge in [-0.05, 0) is 0 Å². The first-order chi connectivity index (χ1) is 3.13. The Morgan fingerprint density at radius 2 is 1.43 bits per heavy atom. The second kappa shape index (κ2) is 4.52. The van der Waals surface area contributed by atoms with Crippen molar-refractivity contribution in [3.63, 3.8) is 0 Å². The summed E-state index contributed by atoms with van der Waals surface area (Å²) in [6, 6.07) is 0. The molecule has 0 aliphatic heterocycles.